The lowest BCUT2D eigenvalue weighted by molar-refractivity contribution is 1.02. The smallest absolute Gasteiger partial charge is 0.0907 e. The number of aryl methyl sites for hydroxylation is 1. The average Bonchev–Trinajstić information content (AvgIpc) is 2.54. The maximum absolute atomic E-state index is 5.42. The molecule has 3 nitrogen and oxygen atoms in total. The van der Waals surface area contributed by atoms with Gasteiger partial charge in [-0.15, -0.1) is 11.3 Å². The van der Waals surface area contributed by atoms with E-state index >= 15 is 0 Å². The van der Waals surface area contributed by atoms with E-state index in [1.54, 1.807) is 11.3 Å². The molecule has 4 heteroatoms. The number of fused-ring (bicyclic) bond motifs is 1. The molecule has 0 amide bonds. The quantitative estimate of drug-likeness (QED) is 0.809. The van der Waals surface area contributed by atoms with Crippen LogP contribution in [0.1, 0.15) is 5.01 Å². The fourth-order valence-electron chi connectivity index (χ4n) is 1.37. The molecule has 0 aliphatic carbocycles. The van der Waals surface area contributed by atoms with Gasteiger partial charge in [-0.1, -0.05) is 0 Å². The van der Waals surface area contributed by atoms with Crippen LogP contribution in [0.5, 0.6) is 0 Å². The van der Waals surface area contributed by atoms with E-state index in [1.165, 1.54) is 4.70 Å². The molecule has 3 N–H and O–H groups in total. The van der Waals surface area contributed by atoms with Gasteiger partial charge in [-0.2, -0.15) is 0 Å². The maximum atomic E-state index is 5.42. The zero-order valence-corrected chi connectivity index (χ0v) is 8.90. The number of nitrogens with zero attached hydrogens (tertiary/aromatic N) is 1. The molecule has 1 heterocycles. The minimum atomic E-state index is 0.653. The molecule has 14 heavy (non-hydrogen) atoms. The monoisotopic (exact) mass is 207 g/mol. The van der Waals surface area contributed by atoms with Crippen LogP contribution in [0.4, 0.5) is 5.69 Å². The first-order valence-electron chi connectivity index (χ1n) is 4.61. The van der Waals surface area contributed by atoms with Crippen LogP contribution in [0.3, 0.4) is 0 Å². The Morgan fingerprint density at radius 3 is 3.14 bits per heavy atom. The molecule has 74 valence electrons. The summed E-state index contributed by atoms with van der Waals surface area (Å²) in [5.74, 6) is 0. The third-order valence-corrected chi connectivity index (χ3v) is 2.90. The Hall–Kier alpha value is -1.13. The molecule has 0 spiro atoms. The third kappa shape index (κ3) is 1.86. The Morgan fingerprint density at radius 1 is 1.50 bits per heavy atom. The van der Waals surface area contributed by atoms with Gasteiger partial charge in [-0.25, -0.2) is 4.98 Å². The van der Waals surface area contributed by atoms with Gasteiger partial charge in [0.05, 0.1) is 15.2 Å². The highest BCUT2D eigenvalue weighted by atomic mass is 32.1. The largest absolute Gasteiger partial charge is 0.384 e. The molecule has 0 fully saturated rings. The molecular formula is C10H13N3S. The summed E-state index contributed by atoms with van der Waals surface area (Å²) in [7, 11) is 0. The van der Waals surface area contributed by atoms with Crippen molar-refractivity contribution in [1.29, 1.82) is 0 Å². The molecule has 0 unspecified atom stereocenters. The van der Waals surface area contributed by atoms with Crippen LogP contribution in [0, 0.1) is 6.92 Å². The second-order valence-corrected chi connectivity index (χ2v) is 4.37. The summed E-state index contributed by atoms with van der Waals surface area (Å²) in [6.07, 6.45) is 0. The molecule has 1 aromatic heterocycles. The fraction of sp³-hybridized carbons (Fsp3) is 0.300. The Bertz CT molecular complexity index is 436. The van der Waals surface area contributed by atoms with Gasteiger partial charge in [0.1, 0.15) is 0 Å². The number of nitrogens with two attached hydrogens (primary N) is 1. The lowest BCUT2D eigenvalue weighted by Gasteiger charge is -2.03. The highest BCUT2D eigenvalue weighted by Crippen LogP contribution is 2.24. The number of anilines is 1. The van der Waals surface area contributed by atoms with Gasteiger partial charge in [0, 0.05) is 18.8 Å². The zero-order valence-electron chi connectivity index (χ0n) is 8.08. The van der Waals surface area contributed by atoms with Gasteiger partial charge < -0.3 is 11.1 Å². The first-order chi connectivity index (χ1) is 6.79. The zero-order chi connectivity index (χ0) is 9.97. The molecule has 1 aromatic carbocycles. The van der Waals surface area contributed by atoms with Crippen molar-refractivity contribution < 1.29 is 0 Å². The molecule has 0 saturated carbocycles. The van der Waals surface area contributed by atoms with Crippen LogP contribution in [-0.2, 0) is 0 Å². The van der Waals surface area contributed by atoms with E-state index < -0.39 is 0 Å². The van der Waals surface area contributed by atoms with Crippen LogP contribution < -0.4 is 11.1 Å². The SMILES string of the molecule is Cc1nc2ccc(NCCN)cc2s1. The predicted molar refractivity (Wildman–Crippen MR) is 61.9 cm³/mol. The first-order valence-corrected chi connectivity index (χ1v) is 5.42. The minimum Gasteiger partial charge on any atom is -0.384 e. The normalized spacial score (nSPS) is 10.7. The van der Waals surface area contributed by atoms with Crippen molar-refractivity contribution in [2.45, 2.75) is 6.92 Å². The number of benzene rings is 1. The van der Waals surface area contributed by atoms with Gasteiger partial charge in [0.25, 0.3) is 0 Å². The minimum absolute atomic E-state index is 0.653. The topological polar surface area (TPSA) is 50.9 Å². The third-order valence-electron chi connectivity index (χ3n) is 1.97. The van der Waals surface area contributed by atoms with E-state index in [9.17, 15) is 0 Å². The van der Waals surface area contributed by atoms with E-state index in [0.717, 1.165) is 22.8 Å². The van der Waals surface area contributed by atoms with E-state index in [2.05, 4.69) is 16.4 Å². The average molecular weight is 207 g/mol. The van der Waals surface area contributed by atoms with E-state index in [1.807, 2.05) is 19.1 Å². The number of rotatable bonds is 3. The summed E-state index contributed by atoms with van der Waals surface area (Å²) in [4.78, 5) is 4.40. The summed E-state index contributed by atoms with van der Waals surface area (Å²) < 4.78 is 1.23. The van der Waals surface area contributed by atoms with Crippen molar-refractivity contribution in [3.05, 3.63) is 23.2 Å². The van der Waals surface area contributed by atoms with Crippen molar-refractivity contribution in [3.63, 3.8) is 0 Å². The van der Waals surface area contributed by atoms with Crippen molar-refractivity contribution in [1.82, 2.24) is 4.98 Å². The van der Waals surface area contributed by atoms with Crippen LogP contribution in [0.2, 0.25) is 0 Å². The maximum Gasteiger partial charge on any atom is 0.0907 e. The number of aromatic nitrogens is 1. The standard InChI is InChI=1S/C10H13N3S/c1-7-13-9-3-2-8(12-5-4-11)6-10(9)14-7/h2-3,6,12H,4-5,11H2,1H3. The van der Waals surface area contributed by atoms with Crippen LogP contribution >= 0.6 is 11.3 Å². The van der Waals surface area contributed by atoms with Gasteiger partial charge in [0.2, 0.25) is 0 Å². The van der Waals surface area contributed by atoms with Crippen molar-refractivity contribution in [2.75, 3.05) is 18.4 Å². The van der Waals surface area contributed by atoms with E-state index in [-0.39, 0.29) is 0 Å². The number of hydrogen-bond acceptors (Lipinski definition) is 4. The van der Waals surface area contributed by atoms with E-state index in [4.69, 9.17) is 5.73 Å². The number of thiazole rings is 1. The molecule has 0 radical (unpaired) electrons. The molecular weight excluding hydrogens is 194 g/mol. The molecule has 0 atom stereocenters. The highest BCUT2D eigenvalue weighted by Gasteiger charge is 2.00. The molecule has 0 saturated heterocycles. The van der Waals surface area contributed by atoms with Crippen molar-refractivity contribution in [3.8, 4) is 0 Å². The molecule has 0 aliphatic rings. The van der Waals surface area contributed by atoms with Gasteiger partial charge in [-0.3, -0.25) is 0 Å². The van der Waals surface area contributed by atoms with Gasteiger partial charge in [-0.05, 0) is 25.1 Å². The first kappa shape index (κ1) is 9.43. The fourth-order valence-corrected chi connectivity index (χ4v) is 2.23. The molecule has 0 aliphatic heterocycles. The number of nitrogens with one attached hydrogen (secondary N) is 1. The highest BCUT2D eigenvalue weighted by molar-refractivity contribution is 7.18. The van der Waals surface area contributed by atoms with E-state index in [0.29, 0.717) is 6.54 Å². The summed E-state index contributed by atoms with van der Waals surface area (Å²) in [6.45, 7) is 3.49. The summed E-state index contributed by atoms with van der Waals surface area (Å²) in [6, 6.07) is 6.20. The lowest BCUT2D eigenvalue weighted by atomic mass is 10.3. The summed E-state index contributed by atoms with van der Waals surface area (Å²) >= 11 is 1.72. The summed E-state index contributed by atoms with van der Waals surface area (Å²) in [5.41, 5.74) is 7.61. The Morgan fingerprint density at radius 2 is 2.36 bits per heavy atom. The Balaban J connectivity index is 2.31. The van der Waals surface area contributed by atoms with Crippen LogP contribution in [0.15, 0.2) is 18.2 Å². The molecule has 2 rings (SSSR count). The summed E-state index contributed by atoms with van der Waals surface area (Å²) in [5, 5.41) is 4.36. The molecule has 2 aromatic rings. The molecule has 0 bridgehead atoms. The van der Waals surface area contributed by atoms with Crippen molar-refractivity contribution in [2.24, 2.45) is 5.73 Å². The van der Waals surface area contributed by atoms with Crippen LogP contribution in [-0.4, -0.2) is 18.1 Å². The van der Waals surface area contributed by atoms with Crippen molar-refractivity contribution >= 4 is 27.2 Å². The second-order valence-electron chi connectivity index (χ2n) is 3.13. The lowest BCUT2D eigenvalue weighted by Crippen LogP contribution is -2.12. The Kier molecular flexibility index (Phi) is 2.65. The van der Waals surface area contributed by atoms with Crippen LogP contribution in [0.25, 0.3) is 10.2 Å². The van der Waals surface area contributed by atoms with Gasteiger partial charge in [0.15, 0.2) is 0 Å². The Labute approximate surface area is 87.0 Å². The predicted octanol–water partition coefficient (Wildman–Crippen LogP) is 1.98. The second kappa shape index (κ2) is 3.94. The van der Waals surface area contributed by atoms with Gasteiger partial charge >= 0.3 is 0 Å². The number of hydrogen-bond donors (Lipinski definition) is 2.